The van der Waals surface area contributed by atoms with Gasteiger partial charge in [0.1, 0.15) is 0 Å². The van der Waals surface area contributed by atoms with Crippen LogP contribution in [0.4, 0.5) is 0 Å². The molecule has 0 aliphatic rings. The Morgan fingerprint density at radius 2 is 2.00 bits per heavy atom. The zero-order valence-corrected chi connectivity index (χ0v) is 12.4. The van der Waals surface area contributed by atoms with Gasteiger partial charge in [0, 0.05) is 22.5 Å². The number of hydrogen-bond donors (Lipinski definition) is 2. The maximum atomic E-state index is 10.1. The van der Waals surface area contributed by atoms with Crippen molar-refractivity contribution in [2.24, 2.45) is 0 Å². The molecule has 0 spiro atoms. The Morgan fingerprint density at radius 3 is 2.63 bits per heavy atom. The summed E-state index contributed by atoms with van der Waals surface area (Å²) >= 11 is 7.59. The normalized spacial score (nSPS) is 14.3. The van der Waals surface area contributed by atoms with Crippen LogP contribution in [0.2, 0.25) is 5.02 Å². The first-order chi connectivity index (χ1) is 9.15. The lowest BCUT2D eigenvalue weighted by Gasteiger charge is -2.17. The molecule has 0 fully saturated rings. The molecule has 0 bridgehead atoms. The summed E-state index contributed by atoms with van der Waals surface area (Å²) in [6.45, 7) is 2.68. The molecule has 2 aromatic rings. The second-order valence-electron chi connectivity index (χ2n) is 4.66. The molecule has 19 heavy (non-hydrogen) atoms. The van der Waals surface area contributed by atoms with Gasteiger partial charge in [0.05, 0.1) is 6.10 Å². The summed E-state index contributed by atoms with van der Waals surface area (Å²) in [6, 6.07) is 11.9. The first-order valence-electron chi connectivity index (χ1n) is 6.34. The van der Waals surface area contributed by atoms with Crippen LogP contribution in [0.5, 0.6) is 0 Å². The van der Waals surface area contributed by atoms with Crippen LogP contribution in [-0.4, -0.2) is 17.7 Å². The van der Waals surface area contributed by atoms with Gasteiger partial charge in [-0.1, -0.05) is 29.8 Å². The van der Waals surface area contributed by atoms with Crippen LogP contribution in [0.15, 0.2) is 41.8 Å². The second-order valence-corrected chi connectivity index (χ2v) is 6.13. The number of nitrogens with one attached hydrogen (secondary N) is 1. The summed E-state index contributed by atoms with van der Waals surface area (Å²) < 4.78 is 0. The smallest absolute Gasteiger partial charge is 0.0914 e. The van der Waals surface area contributed by atoms with Gasteiger partial charge < -0.3 is 10.4 Å². The lowest BCUT2D eigenvalue weighted by atomic mass is 10.1. The van der Waals surface area contributed by atoms with Crippen LogP contribution in [0, 0.1) is 0 Å². The van der Waals surface area contributed by atoms with Crippen molar-refractivity contribution < 1.29 is 5.11 Å². The summed E-state index contributed by atoms with van der Waals surface area (Å²) in [5.74, 6) is 0. The van der Waals surface area contributed by atoms with Crippen molar-refractivity contribution in [3.63, 3.8) is 0 Å². The van der Waals surface area contributed by atoms with E-state index in [0.717, 1.165) is 12.0 Å². The van der Waals surface area contributed by atoms with Gasteiger partial charge in [-0.15, -0.1) is 11.3 Å². The van der Waals surface area contributed by atoms with Crippen LogP contribution in [0.1, 0.15) is 23.5 Å². The standard InChI is InChI=1S/C15H18ClNOS/c1-11(9-14-3-2-8-19-14)17-10-15(18)12-4-6-13(16)7-5-12/h2-8,11,15,17-18H,9-10H2,1H3. The summed E-state index contributed by atoms with van der Waals surface area (Å²) in [4.78, 5) is 1.36. The summed E-state index contributed by atoms with van der Waals surface area (Å²) in [6.07, 6.45) is 0.494. The molecule has 0 saturated carbocycles. The number of hydrogen-bond acceptors (Lipinski definition) is 3. The largest absolute Gasteiger partial charge is 0.387 e. The molecule has 0 aliphatic carbocycles. The molecule has 1 aromatic heterocycles. The van der Waals surface area contributed by atoms with E-state index >= 15 is 0 Å². The van der Waals surface area contributed by atoms with E-state index < -0.39 is 6.10 Å². The summed E-state index contributed by atoms with van der Waals surface area (Å²) in [7, 11) is 0. The zero-order chi connectivity index (χ0) is 13.7. The summed E-state index contributed by atoms with van der Waals surface area (Å²) in [5.41, 5.74) is 0.889. The van der Waals surface area contributed by atoms with E-state index in [2.05, 4.69) is 29.8 Å². The molecule has 2 nitrogen and oxygen atoms in total. The molecule has 1 aromatic carbocycles. The number of aliphatic hydroxyl groups excluding tert-OH is 1. The molecule has 2 N–H and O–H groups in total. The molecule has 0 saturated heterocycles. The quantitative estimate of drug-likeness (QED) is 0.852. The summed E-state index contributed by atoms with van der Waals surface area (Å²) in [5, 5.41) is 16.2. The van der Waals surface area contributed by atoms with Crippen LogP contribution in [0.25, 0.3) is 0 Å². The van der Waals surface area contributed by atoms with Crippen molar-refractivity contribution in [2.45, 2.75) is 25.5 Å². The maximum absolute atomic E-state index is 10.1. The lowest BCUT2D eigenvalue weighted by molar-refractivity contribution is 0.170. The van der Waals surface area contributed by atoms with E-state index in [-0.39, 0.29) is 0 Å². The van der Waals surface area contributed by atoms with Crippen molar-refractivity contribution in [2.75, 3.05) is 6.54 Å². The van der Waals surface area contributed by atoms with Crippen LogP contribution < -0.4 is 5.32 Å². The Morgan fingerprint density at radius 1 is 1.26 bits per heavy atom. The van der Waals surface area contributed by atoms with Crippen molar-refractivity contribution in [1.29, 1.82) is 0 Å². The Balaban J connectivity index is 1.79. The fourth-order valence-electron chi connectivity index (χ4n) is 1.92. The van der Waals surface area contributed by atoms with Crippen molar-refractivity contribution in [1.82, 2.24) is 5.32 Å². The van der Waals surface area contributed by atoms with E-state index in [1.54, 1.807) is 23.5 Å². The van der Waals surface area contributed by atoms with Crippen molar-refractivity contribution >= 4 is 22.9 Å². The minimum absolute atomic E-state index is 0.348. The third-order valence-corrected chi connectivity index (χ3v) is 4.15. The third kappa shape index (κ3) is 4.62. The van der Waals surface area contributed by atoms with Gasteiger partial charge in [0.2, 0.25) is 0 Å². The number of thiophene rings is 1. The topological polar surface area (TPSA) is 32.3 Å². The predicted molar refractivity (Wildman–Crippen MR) is 81.9 cm³/mol. The Hall–Kier alpha value is -0.870. The molecule has 2 atom stereocenters. The molecule has 1 heterocycles. The van der Waals surface area contributed by atoms with E-state index in [1.165, 1.54) is 4.88 Å². The van der Waals surface area contributed by atoms with Crippen LogP contribution in [-0.2, 0) is 6.42 Å². The highest BCUT2D eigenvalue weighted by Gasteiger charge is 2.10. The first kappa shape index (κ1) is 14.5. The average molecular weight is 296 g/mol. The second kappa shape index (κ2) is 7.06. The van der Waals surface area contributed by atoms with Gasteiger partial charge >= 0.3 is 0 Å². The highest BCUT2D eigenvalue weighted by molar-refractivity contribution is 7.09. The lowest BCUT2D eigenvalue weighted by Crippen LogP contribution is -2.31. The average Bonchev–Trinajstić information content (AvgIpc) is 2.89. The minimum Gasteiger partial charge on any atom is -0.387 e. The molecule has 2 rings (SSSR count). The fourth-order valence-corrected chi connectivity index (χ4v) is 2.88. The SMILES string of the molecule is CC(Cc1cccs1)NCC(O)c1ccc(Cl)cc1. The predicted octanol–water partition coefficient (Wildman–Crippen LogP) is 3.66. The van der Waals surface area contributed by atoms with Gasteiger partial charge in [-0.3, -0.25) is 0 Å². The molecular formula is C15H18ClNOS. The van der Waals surface area contributed by atoms with Gasteiger partial charge in [0.15, 0.2) is 0 Å². The van der Waals surface area contributed by atoms with E-state index in [1.807, 2.05) is 12.1 Å². The zero-order valence-electron chi connectivity index (χ0n) is 10.8. The Bertz CT molecular complexity index is 483. The van der Waals surface area contributed by atoms with Crippen LogP contribution >= 0.6 is 22.9 Å². The third-order valence-electron chi connectivity index (χ3n) is 3.00. The van der Waals surface area contributed by atoms with E-state index in [0.29, 0.717) is 17.6 Å². The molecule has 0 amide bonds. The molecule has 4 heteroatoms. The van der Waals surface area contributed by atoms with Gasteiger partial charge in [-0.05, 0) is 42.5 Å². The number of halogens is 1. The maximum Gasteiger partial charge on any atom is 0.0914 e. The molecule has 2 unspecified atom stereocenters. The number of benzene rings is 1. The van der Waals surface area contributed by atoms with Crippen molar-refractivity contribution in [3.8, 4) is 0 Å². The van der Waals surface area contributed by atoms with Crippen LogP contribution in [0.3, 0.4) is 0 Å². The number of rotatable bonds is 6. The Kier molecular flexibility index (Phi) is 5.40. The Labute approximate surface area is 123 Å². The molecule has 0 radical (unpaired) electrons. The molecular weight excluding hydrogens is 278 g/mol. The number of aliphatic hydroxyl groups is 1. The highest BCUT2D eigenvalue weighted by atomic mass is 35.5. The molecule has 102 valence electrons. The fraction of sp³-hybridized carbons (Fsp3) is 0.333. The minimum atomic E-state index is -0.497. The molecule has 0 aliphatic heterocycles. The van der Waals surface area contributed by atoms with E-state index in [4.69, 9.17) is 11.6 Å². The van der Waals surface area contributed by atoms with Gasteiger partial charge in [0.25, 0.3) is 0 Å². The van der Waals surface area contributed by atoms with Crippen molar-refractivity contribution in [3.05, 3.63) is 57.2 Å². The van der Waals surface area contributed by atoms with Gasteiger partial charge in [-0.2, -0.15) is 0 Å². The monoisotopic (exact) mass is 295 g/mol. The van der Waals surface area contributed by atoms with E-state index in [9.17, 15) is 5.11 Å². The highest BCUT2D eigenvalue weighted by Crippen LogP contribution is 2.16. The first-order valence-corrected chi connectivity index (χ1v) is 7.60. The van der Waals surface area contributed by atoms with Gasteiger partial charge in [-0.25, -0.2) is 0 Å².